The first-order valence-corrected chi connectivity index (χ1v) is 4.52. The fourth-order valence-electron chi connectivity index (χ4n) is 0.962. The minimum atomic E-state index is -0.802. The van der Waals surface area contributed by atoms with Gasteiger partial charge in [-0.2, -0.15) is 0 Å². The predicted molar refractivity (Wildman–Crippen MR) is 51.4 cm³/mol. The molecular formula is C9H9ClO5. The van der Waals surface area contributed by atoms with Crippen LogP contribution in [0.15, 0.2) is 10.5 Å². The second-order valence-corrected chi connectivity index (χ2v) is 2.85. The third-order valence-electron chi connectivity index (χ3n) is 1.57. The summed E-state index contributed by atoms with van der Waals surface area (Å²) in [6.45, 7) is 1.85. The van der Waals surface area contributed by atoms with E-state index in [-0.39, 0.29) is 23.9 Å². The summed E-state index contributed by atoms with van der Waals surface area (Å²) in [4.78, 5) is 22.1. The molecule has 1 aromatic rings. The highest BCUT2D eigenvalue weighted by molar-refractivity contribution is 6.67. The number of esters is 1. The first-order valence-electron chi connectivity index (χ1n) is 4.15. The van der Waals surface area contributed by atoms with Gasteiger partial charge in [0.05, 0.1) is 13.7 Å². The van der Waals surface area contributed by atoms with Crippen LogP contribution in [-0.2, 0) is 4.74 Å². The number of ether oxygens (including phenoxy) is 2. The largest absolute Gasteiger partial charge is 0.492 e. The number of methoxy groups -OCH3 is 1. The Labute approximate surface area is 90.9 Å². The summed E-state index contributed by atoms with van der Waals surface area (Å²) < 4.78 is 14.4. The molecule has 0 fully saturated rings. The first-order chi connectivity index (χ1) is 7.10. The number of carbonyl (C=O) groups is 2. The standard InChI is InChI=1S/C9H9ClO5/c1-3-14-9(12)7-5(13-2)4-6(15-7)8(10)11/h4H,3H2,1-2H3. The lowest BCUT2D eigenvalue weighted by atomic mass is 10.4. The van der Waals surface area contributed by atoms with Crippen LogP contribution in [-0.4, -0.2) is 24.9 Å². The smallest absolute Gasteiger partial charge is 0.378 e. The van der Waals surface area contributed by atoms with Gasteiger partial charge < -0.3 is 13.9 Å². The lowest BCUT2D eigenvalue weighted by Gasteiger charge is -1.99. The van der Waals surface area contributed by atoms with Gasteiger partial charge in [0, 0.05) is 6.07 Å². The van der Waals surface area contributed by atoms with Crippen LogP contribution in [0, 0.1) is 0 Å². The molecule has 1 heterocycles. The Hall–Kier alpha value is -1.49. The minimum Gasteiger partial charge on any atom is -0.492 e. The number of carbonyl (C=O) groups excluding carboxylic acids is 2. The Morgan fingerprint density at radius 2 is 2.20 bits per heavy atom. The van der Waals surface area contributed by atoms with Gasteiger partial charge in [0.25, 0.3) is 11.0 Å². The van der Waals surface area contributed by atoms with Gasteiger partial charge in [0.1, 0.15) is 0 Å². The van der Waals surface area contributed by atoms with Crippen molar-refractivity contribution in [1.82, 2.24) is 0 Å². The fraction of sp³-hybridized carbons (Fsp3) is 0.333. The molecule has 0 unspecified atom stereocenters. The first kappa shape index (κ1) is 11.6. The Morgan fingerprint density at radius 1 is 1.53 bits per heavy atom. The number of halogens is 1. The summed E-state index contributed by atoms with van der Waals surface area (Å²) in [5.74, 6) is -0.893. The van der Waals surface area contributed by atoms with Crippen LogP contribution in [0.2, 0.25) is 0 Å². The van der Waals surface area contributed by atoms with Gasteiger partial charge in [-0.1, -0.05) is 0 Å². The van der Waals surface area contributed by atoms with E-state index in [1.807, 2.05) is 0 Å². The Balaban J connectivity index is 3.05. The van der Waals surface area contributed by atoms with Gasteiger partial charge >= 0.3 is 5.97 Å². The van der Waals surface area contributed by atoms with Crippen molar-refractivity contribution in [3.63, 3.8) is 0 Å². The molecule has 1 aromatic heterocycles. The van der Waals surface area contributed by atoms with Crippen LogP contribution in [0.1, 0.15) is 28.0 Å². The molecule has 0 atom stereocenters. The van der Waals surface area contributed by atoms with Crippen molar-refractivity contribution in [3.05, 3.63) is 17.6 Å². The number of furan rings is 1. The monoisotopic (exact) mass is 232 g/mol. The highest BCUT2D eigenvalue weighted by Gasteiger charge is 2.22. The van der Waals surface area contributed by atoms with E-state index >= 15 is 0 Å². The molecule has 0 saturated heterocycles. The third-order valence-corrected chi connectivity index (χ3v) is 1.76. The Kier molecular flexibility index (Phi) is 3.74. The van der Waals surface area contributed by atoms with Gasteiger partial charge in [-0.25, -0.2) is 4.79 Å². The predicted octanol–water partition coefficient (Wildman–Crippen LogP) is 1.84. The molecule has 15 heavy (non-hydrogen) atoms. The van der Waals surface area contributed by atoms with Crippen molar-refractivity contribution in [2.45, 2.75) is 6.92 Å². The zero-order valence-electron chi connectivity index (χ0n) is 8.20. The molecule has 0 amide bonds. The van der Waals surface area contributed by atoms with Crippen molar-refractivity contribution in [2.24, 2.45) is 0 Å². The van der Waals surface area contributed by atoms with Crippen molar-refractivity contribution >= 4 is 22.8 Å². The Bertz CT molecular complexity index is 382. The van der Waals surface area contributed by atoms with Crippen LogP contribution in [0.5, 0.6) is 5.75 Å². The second kappa shape index (κ2) is 4.84. The summed E-state index contributed by atoms with van der Waals surface area (Å²) in [6, 6.07) is 1.24. The molecule has 0 aliphatic carbocycles. The highest BCUT2D eigenvalue weighted by Crippen LogP contribution is 2.25. The van der Waals surface area contributed by atoms with E-state index in [1.54, 1.807) is 6.92 Å². The molecule has 0 aliphatic heterocycles. The summed E-state index contributed by atoms with van der Waals surface area (Å²) in [5.41, 5.74) is 0. The van der Waals surface area contributed by atoms with Crippen LogP contribution in [0.25, 0.3) is 0 Å². The summed E-state index contributed by atoms with van der Waals surface area (Å²) in [6.07, 6.45) is 0. The second-order valence-electron chi connectivity index (χ2n) is 2.50. The van der Waals surface area contributed by atoms with E-state index < -0.39 is 11.2 Å². The van der Waals surface area contributed by atoms with Gasteiger partial charge in [-0.05, 0) is 18.5 Å². The maximum absolute atomic E-state index is 11.3. The highest BCUT2D eigenvalue weighted by atomic mass is 35.5. The average Bonchev–Trinajstić information content (AvgIpc) is 2.61. The number of rotatable bonds is 4. The maximum atomic E-state index is 11.3. The van der Waals surface area contributed by atoms with E-state index in [0.29, 0.717) is 0 Å². The zero-order valence-corrected chi connectivity index (χ0v) is 8.96. The Morgan fingerprint density at radius 3 is 2.67 bits per heavy atom. The maximum Gasteiger partial charge on any atom is 0.378 e. The van der Waals surface area contributed by atoms with Crippen LogP contribution in [0.4, 0.5) is 0 Å². The fourth-order valence-corrected chi connectivity index (χ4v) is 1.05. The third kappa shape index (κ3) is 2.50. The summed E-state index contributed by atoms with van der Waals surface area (Å²) in [5, 5.41) is -0.802. The van der Waals surface area contributed by atoms with Crippen molar-refractivity contribution in [3.8, 4) is 5.75 Å². The number of hydrogen-bond acceptors (Lipinski definition) is 5. The van der Waals surface area contributed by atoms with Gasteiger partial charge in [0.2, 0.25) is 0 Å². The molecule has 0 saturated carbocycles. The van der Waals surface area contributed by atoms with Gasteiger partial charge in [-0.3, -0.25) is 4.79 Å². The summed E-state index contributed by atoms with van der Waals surface area (Å²) >= 11 is 5.19. The molecule has 0 radical (unpaired) electrons. The van der Waals surface area contributed by atoms with E-state index in [4.69, 9.17) is 25.5 Å². The van der Waals surface area contributed by atoms with Crippen LogP contribution in [0.3, 0.4) is 0 Å². The molecule has 0 N–H and O–H groups in total. The topological polar surface area (TPSA) is 65.7 Å². The minimum absolute atomic E-state index is 0.123. The van der Waals surface area contributed by atoms with E-state index in [0.717, 1.165) is 0 Å². The van der Waals surface area contributed by atoms with Crippen LogP contribution >= 0.6 is 11.6 Å². The molecule has 1 rings (SSSR count). The SMILES string of the molecule is CCOC(=O)c1oc(C(=O)Cl)cc1OC. The normalized spacial score (nSPS) is 9.80. The molecule has 0 aromatic carbocycles. The lowest BCUT2D eigenvalue weighted by Crippen LogP contribution is -2.04. The van der Waals surface area contributed by atoms with Crippen molar-refractivity contribution in [1.29, 1.82) is 0 Å². The van der Waals surface area contributed by atoms with Crippen molar-refractivity contribution < 1.29 is 23.5 Å². The molecule has 0 spiro atoms. The average molecular weight is 233 g/mol. The van der Waals surface area contributed by atoms with Gasteiger partial charge in [-0.15, -0.1) is 0 Å². The quantitative estimate of drug-likeness (QED) is 0.585. The zero-order chi connectivity index (χ0) is 11.4. The van der Waals surface area contributed by atoms with Crippen LogP contribution < -0.4 is 4.74 Å². The van der Waals surface area contributed by atoms with E-state index in [9.17, 15) is 9.59 Å². The molecule has 0 bridgehead atoms. The molecule has 6 heteroatoms. The number of hydrogen-bond donors (Lipinski definition) is 0. The van der Waals surface area contributed by atoms with Gasteiger partial charge in [0.15, 0.2) is 11.5 Å². The summed E-state index contributed by atoms with van der Waals surface area (Å²) in [7, 11) is 1.34. The lowest BCUT2D eigenvalue weighted by molar-refractivity contribution is 0.0484. The molecule has 82 valence electrons. The molecular weight excluding hydrogens is 224 g/mol. The van der Waals surface area contributed by atoms with E-state index in [2.05, 4.69) is 0 Å². The molecule has 5 nitrogen and oxygen atoms in total. The van der Waals surface area contributed by atoms with E-state index in [1.165, 1.54) is 13.2 Å². The molecule has 0 aliphatic rings. The van der Waals surface area contributed by atoms with Crippen molar-refractivity contribution in [2.75, 3.05) is 13.7 Å².